The third kappa shape index (κ3) is 1.77. The lowest BCUT2D eigenvalue weighted by atomic mass is 10.2. The molecule has 0 aliphatic rings. The fourth-order valence-corrected chi connectivity index (χ4v) is 0.833. The molecule has 0 fully saturated rings. The van der Waals surface area contributed by atoms with E-state index in [1.165, 1.54) is 0 Å². The number of aliphatic imine (C=N–C) groups is 1. The van der Waals surface area contributed by atoms with Crippen molar-refractivity contribution in [3.8, 4) is 0 Å². The van der Waals surface area contributed by atoms with Gasteiger partial charge in [-0.25, -0.2) is 0 Å². The lowest BCUT2D eigenvalue weighted by molar-refractivity contribution is 1.25. The molecule has 0 aromatic carbocycles. The van der Waals surface area contributed by atoms with Crippen LogP contribution in [0, 0.1) is 6.92 Å². The molecular formula is C8H11N3. The molecule has 0 saturated carbocycles. The maximum absolute atomic E-state index is 5.65. The summed E-state index contributed by atoms with van der Waals surface area (Å²) < 4.78 is 0. The molecule has 0 aliphatic heterocycles. The standard InChI is InChI=1S/C8H11N3/c1-6-3-7(9)8(5-10-2)11-4-6/h3-5H,9H2,1-2H3. The van der Waals surface area contributed by atoms with E-state index in [-0.39, 0.29) is 0 Å². The molecular weight excluding hydrogens is 138 g/mol. The Kier molecular flexibility index (Phi) is 2.21. The van der Waals surface area contributed by atoms with E-state index in [1.807, 2.05) is 13.0 Å². The predicted octanol–water partition coefficient (Wildman–Crippen LogP) is 1.02. The summed E-state index contributed by atoms with van der Waals surface area (Å²) in [6.07, 6.45) is 3.42. The number of aromatic nitrogens is 1. The maximum Gasteiger partial charge on any atom is 0.104 e. The molecule has 1 heterocycles. The molecule has 0 bridgehead atoms. The molecule has 2 N–H and O–H groups in total. The maximum atomic E-state index is 5.65. The van der Waals surface area contributed by atoms with Gasteiger partial charge >= 0.3 is 0 Å². The molecule has 0 saturated heterocycles. The highest BCUT2D eigenvalue weighted by molar-refractivity contribution is 5.84. The zero-order chi connectivity index (χ0) is 8.27. The molecule has 1 aromatic rings. The number of nitrogen functional groups attached to an aromatic ring is 1. The van der Waals surface area contributed by atoms with Crippen molar-refractivity contribution >= 4 is 11.9 Å². The number of hydrogen-bond acceptors (Lipinski definition) is 3. The summed E-state index contributed by atoms with van der Waals surface area (Å²) >= 11 is 0. The first-order chi connectivity index (χ1) is 5.24. The second-order valence-electron chi connectivity index (χ2n) is 2.37. The van der Waals surface area contributed by atoms with Gasteiger partial charge in [0, 0.05) is 19.5 Å². The van der Waals surface area contributed by atoms with Gasteiger partial charge in [0.2, 0.25) is 0 Å². The number of nitrogens with two attached hydrogens (primary N) is 1. The Morgan fingerprint density at radius 3 is 2.91 bits per heavy atom. The molecule has 0 aliphatic carbocycles. The molecule has 0 unspecified atom stereocenters. The summed E-state index contributed by atoms with van der Waals surface area (Å²) in [5.41, 5.74) is 8.13. The van der Waals surface area contributed by atoms with E-state index in [9.17, 15) is 0 Å². The Bertz CT molecular complexity index is 279. The summed E-state index contributed by atoms with van der Waals surface area (Å²) in [5.74, 6) is 0. The van der Waals surface area contributed by atoms with Crippen LogP contribution >= 0.6 is 0 Å². The van der Waals surface area contributed by atoms with Gasteiger partial charge in [-0.3, -0.25) is 9.98 Å². The number of aryl methyl sites for hydroxylation is 1. The average molecular weight is 149 g/mol. The molecule has 0 amide bonds. The molecule has 0 spiro atoms. The molecule has 1 rings (SSSR count). The van der Waals surface area contributed by atoms with Crippen LogP contribution < -0.4 is 5.73 Å². The highest BCUT2D eigenvalue weighted by Crippen LogP contribution is 2.07. The van der Waals surface area contributed by atoms with E-state index in [1.54, 1.807) is 19.5 Å². The van der Waals surface area contributed by atoms with Gasteiger partial charge in [-0.2, -0.15) is 0 Å². The minimum absolute atomic E-state index is 0.676. The van der Waals surface area contributed by atoms with Gasteiger partial charge < -0.3 is 5.73 Å². The predicted molar refractivity (Wildman–Crippen MR) is 46.9 cm³/mol. The Labute approximate surface area is 66.0 Å². The monoisotopic (exact) mass is 149 g/mol. The first-order valence-electron chi connectivity index (χ1n) is 3.38. The first-order valence-corrected chi connectivity index (χ1v) is 3.38. The minimum Gasteiger partial charge on any atom is -0.397 e. The average Bonchev–Trinajstić information content (AvgIpc) is 1.95. The summed E-state index contributed by atoms with van der Waals surface area (Å²) in [7, 11) is 1.70. The molecule has 3 nitrogen and oxygen atoms in total. The van der Waals surface area contributed by atoms with Crippen LogP contribution in [0.2, 0.25) is 0 Å². The summed E-state index contributed by atoms with van der Waals surface area (Å²) in [6.45, 7) is 1.95. The van der Waals surface area contributed by atoms with Gasteiger partial charge in [-0.05, 0) is 18.6 Å². The van der Waals surface area contributed by atoms with Crippen molar-refractivity contribution in [3.05, 3.63) is 23.5 Å². The van der Waals surface area contributed by atoms with Crippen LogP contribution in [-0.2, 0) is 0 Å². The number of anilines is 1. The smallest absolute Gasteiger partial charge is 0.104 e. The number of rotatable bonds is 1. The Balaban J connectivity index is 3.09. The van der Waals surface area contributed by atoms with E-state index >= 15 is 0 Å². The molecule has 0 radical (unpaired) electrons. The van der Waals surface area contributed by atoms with Gasteiger partial charge in [0.15, 0.2) is 0 Å². The third-order valence-electron chi connectivity index (χ3n) is 1.34. The Morgan fingerprint density at radius 1 is 1.64 bits per heavy atom. The highest BCUT2D eigenvalue weighted by Gasteiger charge is 1.95. The van der Waals surface area contributed by atoms with Gasteiger partial charge in [0.1, 0.15) is 5.69 Å². The van der Waals surface area contributed by atoms with Crippen LogP contribution in [0.15, 0.2) is 17.3 Å². The van der Waals surface area contributed by atoms with Crippen LogP contribution in [0.4, 0.5) is 5.69 Å². The van der Waals surface area contributed by atoms with Crippen molar-refractivity contribution < 1.29 is 0 Å². The number of nitrogens with zero attached hydrogens (tertiary/aromatic N) is 2. The van der Waals surface area contributed by atoms with Crippen molar-refractivity contribution in [1.29, 1.82) is 0 Å². The number of pyridine rings is 1. The largest absolute Gasteiger partial charge is 0.397 e. The first kappa shape index (κ1) is 7.72. The normalized spacial score (nSPS) is 10.7. The highest BCUT2D eigenvalue weighted by atomic mass is 14.8. The van der Waals surface area contributed by atoms with Gasteiger partial charge in [-0.15, -0.1) is 0 Å². The van der Waals surface area contributed by atoms with Crippen molar-refractivity contribution in [2.24, 2.45) is 4.99 Å². The van der Waals surface area contributed by atoms with Gasteiger partial charge in [0.25, 0.3) is 0 Å². The van der Waals surface area contributed by atoms with Crippen LogP contribution in [0.25, 0.3) is 0 Å². The van der Waals surface area contributed by atoms with Crippen molar-refractivity contribution in [2.45, 2.75) is 6.92 Å². The summed E-state index contributed by atoms with van der Waals surface area (Å²) in [4.78, 5) is 7.92. The summed E-state index contributed by atoms with van der Waals surface area (Å²) in [6, 6.07) is 1.88. The quantitative estimate of drug-likeness (QED) is 0.606. The fraction of sp³-hybridized carbons (Fsp3) is 0.250. The second-order valence-corrected chi connectivity index (χ2v) is 2.37. The molecule has 11 heavy (non-hydrogen) atoms. The van der Waals surface area contributed by atoms with Gasteiger partial charge in [0.05, 0.1) is 5.69 Å². The van der Waals surface area contributed by atoms with Crippen LogP contribution in [0.3, 0.4) is 0 Å². The van der Waals surface area contributed by atoms with Crippen LogP contribution in [-0.4, -0.2) is 18.2 Å². The lowest BCUT2D eigenvalue weighted by Crippen LogP contribution is -1.96. The Morgan fingerprint density at radius 2 is 2.36 bits per heavy atom. The number of hydrogen-bond donors (Lipinski definition) is 1. The molecule has 1 aromatic heterocycles. The van der Waals surface area contributed by atoms with Gasteiger partial charge in [-0.1, -0.05) is 0 Å². The van der Waals surface area contributed by atoms with E-state index in [0.29, 0.717) is 5.69 Å². The summed E-state index contributed by atoms with van der Waals surface area (Å²) in [5, 5.41) is 0. The molecule has 3 heteroatoms. The fourth-order valence-electron chi connectivity index (χ4n) is 0.833. The van der Waals surface area contributed by atoms with Crippen LogP contribution in [0.5, 0.6) is 0 Å². The Hall–Kier alpha value is -1.38. The van der Waals surface area contributed by atoms with E-state index in [2.05, 4.69) is 9.98 Å². The minimum atomic E-state index is 0.676. The van der Waals surface area contributed by atoms with Crippen molar-refractivity contribution in [1.82, 2.24) is 4.98 Å². The van der Waals surface area contributed by atoms with Crippen LogP contribution in [0.1, 0.15) is 11.3 Å². The van der Waals surface area contributed by atoms with E-state index < -0.39 is 0 Å². The van der Waals surface area contributed by atoms with Crippen molar-refractivity contribution in [3.63, 3.8) is 0 Å². The van der Waals surface area contributed by atoms with E-state index in [0.717, 1.165) is 11.3 Å². The van der Waals surface area contributed by atoms with E-state index in [4.69, 9.17) is 5.73 Å². The molecule has 58 valence electrons. The zero-order valence-corrected chi connectivity index (χ0v) is 6.70. The van der Waals surface area contributed by atoms with Crippen molar-refractivity contribution in [2.75, 3.05) is 12.8 Å². The second kappa shape index (κ2) is 3.14. The zero-order valence-electron chi connectivity index (χ0n) is 6.70. The lowest BCUT2D eigenvalue weighted by Gasteiger charge is -1.98. The SMILES string of the molecule is CN=Cc1ncc(C)cc1N. The topological polar surface area (TPSA) is 51.3 Å². The third-order valence-corrected chi connectivity index (χ3v) is 1.34. The molecule has 0 atom stereocenters.